The van der Waals surface area contributed by atoms with Gasteiger partial charge in [0.25, 0.3) is 0 Å². The normalized spacial score (nSPS) is 11.0. The first-order chi connectivity index (χ1) is 11.7. The molecule has 1 aromatic carbocycles. The molecule has 24 heavy (non-hydrogen) atoms. The highest BCUT2D eigenvalue weighted by Gasteiger charge is 2.06. The fourth-order valence-electron chi connectivity index (χ4n) is 2.13. The van der Waals surface area contributed by atoms with Crippen LogP contribution in [0.25, 0.3) is 0 Å². The lowest BCUT2D eigenvalue weighted by Gasteiger charge is -2.22. The molecule has 0 fully saturated rings. The van der Waals surface area contributed by atoms with E-state index in [1.54, 1.807) is 20.4 Å². The average molecular weight is 328 g/mol. The molecule has 0 atom stereocenters. The van der Waals surface area contributed by atoms with Crippen molar-refractivity contribution in [3.63, 3.8) is 0 Å². The van der Waals surface area contributed by atoms with Crippen LogP contribution in [0.3, 0.4) is 0 Å². The summed E-state index contributed by atoms with van der Waals surface area (Å²) in [5.74, 6) is 2.29. The highest BCUT2D eigenvalue weighted by atomic mass is 16.5. The lowest BCUT2D eigenvalue weighted by atomic mass is 10.3. The Morgan fingerprint density at radius 3 is 2.62 bits per heavy atom. The van der Waals surface area contributed by atoms with Gasteiger partial charge in [-0.15, -0.1) is 0 Å². The van der Waals surface area contributed by atoms with Crippen LogP contribution in [0.5, 0.6) is 11.6 Å². The first-order valence-electron chi connectivity index (χ1n) is 7.81. The maximum atomic E-state index is 5.71. The Labute approximate surface area is 143 Å². The van der Waals surface area contributed by atoms with Crippen molar-refractivity contribution < 1.29 is 9.47 Å². The zero-order valence-corrected chi connectivity index (χ0v) is 14.4. The molecular weight excluding hydrogens is 304 g/mol. The second kappa shape index (κ2) is 9.39. The van der Waals surface area contributed by atoms with E-state index in [1.807, 2.05) is 54.4 Å². The van der Waals surface area contributed by atoms with Gasteiger partial charge in [-0.1, -0.05) is 24.3 Å². The predicted molar refractivity (Wildman–Crippen MR) is 95.6 cm³/mol. The van der Waals surface area contributed by atoms with Crippen LogP contribution in [0.2, 0.25) is 0 Å². The number of aromatic nitrogens is 1. The molecule has 0 unspecified atom stereocenters. The predicted octanol–water partition coefficient (Wildman–Crippen LogP) is 2.18. The molecule has 1 N–H and O–H groups in total. The molecule has 0 aliphatic rings. The number of pyridine rings is 1. The summed E-state index contributed by atoms with van der Waals surface area (Å²) in [6.45, 7) is 1.97. The number of guanidine groups is 1. The van der Waals surface area contributed by atoms with Gasteiger partial charge in [-0.2, -0.15) is 0 Å². The van der Waals surface area contributed by atoms with Crippen molar-refractivity contribution in [2.75, 3.05) is 34.4 Å². The summed E-state index contributed by atoms with van der Waals surface area (Å²) in [6, 6.07) is 13.6. The Morgan fingerprint density at radius 2 is 2.00 bits per heavy atom. The van der Waals surface area contributed by atoms with Crippen molar-refractivity contribution in [1.29, 1.82) is 0 Å². The third-order valence-corrected chi connectivity index (χ3v) is 3.47. The first kappa shape index (κ1) is 17.6. The molecule has 0 aliphatic heterocycles. The minimum atomic E-state index is 0.589. The minimum Gasteiger partial charge on any atom is -0.492 e. The number of rotatable bonds is 7. The van der Waals surface area contributed by atoms with E-state index in [2.05, 4.69) is 15.3 Å². The Balaban J connectivity index is 1.77. The zero-order valence-electron chi connectivity index (χ0n) is 14.4. The molecule has 1 aromatic heterocycles. The van der Waals surface area contributed by atoms with E-state index >= 15 is 0 Å². The number of para-hydroxylation sites is 1. The molecule has 0 amide bonds. The van der Waals surface area contributed by atoms with Crippen LogP contribution in [0.1, 0.15) is 5.56 Å². The van der Waals surface area contributed by atoms with E-state index in [0.29, 0.717) is 19.0 Å². The van der Waals surface area contributed by atoms with Crippen LogP contribution in [-0.2, 0) is 6.54 Å². The van der Waals surface area contributed by atoms with Gasteiger partial charge in [-0.25, -0.2) is 4.98 Å². The highest BCUT2D eigenvalue weighted by molar-refractivity contribution is 5.79. The van der Waals surface area contributed by atoms with E-state index in [4.69, 9.17) is 9.47 Å². The lowest BCUT2D eigenvalue weighted by molar-refractivity contribution is 0.281. The van der Waals surface area contributed by atoms with Crippen molar-refractivity contribution >= 4 is 5.96 Å². The number of hydrogen-bond acceptors (Lipinski definition) is 4. The van der Waals surface area contributed by atoms with Gasteiger partial charge < -0.3 is 19.7 Å². The summed E-state index contributed by atoms with van der Waals surface area (Å²) in [6.07, 6.45) is 1.79. The Bertz CT molecular complexity index is 629. The smallest absolute Gasteiger partial charge is 0.212 e. The highest BCUT2D eigenvalue weighted by Crippen LogP contribution is 2.08. The number of nitrogens with one attached hydrogen (secondary N) is 1. The molecule has 0 saturated carbocycles. The molecule has 0 bridgehead atoms. The van der Waals surface area contributed by atoms with Crippen LogP contribution in [0.15, 0.2) is 53.7 Å². The van der Waals surface area contributed by atoms with E-state index < -0.39 is 0 Å². The third kappa shape index (κ3) is 5.46. The second-order valence-corrected chi connectivity index (χ2v) is 5.19. The molecular formula is C18H24N4O2. The number of likely N-dealkylation sites (N-methyl/N-ethyl adjacent to an activating group) is 1. The Hall–Kier alpha value is -2.76. The molecule has 2 aromatic rings. The summed E-state index contributed by atoms with van der Waals surface area (Å²) in [5.41, 5.74) is 1.06. The minimum absolute atomic E-state index is 0.589. The summed E-state index contributed by atoms with van der Waals surface area (Å²) >= 11 is 0. The zero-order chi connectivity index (χ0) is 17.2. The molecule has 2 rings (SSSR count). The standard InChI is InChI=1S/C18H24N4O2/c1-19-18(21-14-15-9-10-17(23-3)20-13-15)22(2)11-12-24-16-7-5-4-6-8-16/h4-10,13H,11-12,14H2,1-3H3,(H,19,21). The maximum Gasteiger partial charge on any atom is 0.212 e. The molecule has 6 nitrogen and oxygen atoms in total. The third-order valence-electron chi connectivity index (χ3n) is 3.47. The topological polar surface area (TPSA) is 59.0 Å². The van der Waals surface area contributed by atoms with Gasteiger partial charge in [0.15, 0.2) is 5.96 Å². The van der Waals surface area contributed by atoms with Gasteiger partial charge in [0.2, 0.25) is 5.88 Å². The Morgan fingerprint density at radius 1 is 1.21 bits per heavy atom. The van der Waals surface area contributed by atoms with Crippen LogP contribution in [0, 0.1) is 0 Å². The van der Waals surface area contributed by atoms with Gasteiger partial charge in [0.1, 0.15) is 12.4 Å². The monoisotopic (exact) mass is 328 g/mol. The molecule has 1 heterocycles. The van der Waals surface area contributed by atoms with E-state index in [9.17, 15) is 0 Å². The number of nitrogens with zero attached hydrogens (tertiary/aromatic N) is 3. The van der Waals surface area contributed by atoms with E-state index in [-0.39, 0.29) is 0 Å². The fraction of sp³-hybridized carbons (Fsp3) is 0.333. The number of aliphatic imine (C=N–C) groups is 1. The number of hydrogen-bond donors (Lipinski definition) is 1. The average Bonchev–Trinajstić information content (AvgIpc) is 2.63. The van der Waals surface area contributed by atoms with Crippen LogP contribution < -0.4 is 14.8 Å². The van der Waals surface area contributed by atoms with E-state index in [1.165, 1.54) is 0 Å². The van der Waals surface area contributed by atoms with Gasteiger partial charge in [-0.3, -0.25) is 4.99 Å². The van der Waals surface area contributed by atoms with E-state index in [0.717, 1.165) is 23.8 Å². The Kier molecular flexibility index (Phi) is 6.89. The first-order valence-corrected chi connectivity index (χ1v) is 7.81. The van der Waals surface area contributed by atoms with Gasteiger partial charge >= 0.3 is 0 Å². The van der Waals surface area contributed by atoms with Gasteiger partial charge in [-0.05, 0) is 17.7 Å². The van der Waals surface area contributed by atoms with Crippen molar-refractivity contribution in [2.24, 2.45) is 4.99 Å². The van der Waals surface area contributed by atoms with Crippen molar-refractivity contribution in [3.8, 4) is 11.6 Å². The quantitative estimate of drug-likeness (QED) is 0.623. The number of ether oxygens (including phenoxy) is 2. The van der Waals surface area contributed by atoms with Crippen molar-refractivity contribution in [3.05, 3.63) is 54.2 Å². The molecule has 6 heteroatoms. The fourth-order valence-corrected chi connectivity index (χ4v) is 2.13. The largest absolute Gasteiger partial charge is 0.492 e. The molecule has 0 aliphatic carbocycles. The molecule has 128 valence electrons. The van der Waals surface area contributed by atoms with Gasteiger partial charge in [0, 0.05) is 32.9 Å². The molecule has 0 saturated heterocycles. The summed E-state index contributed by atoms with van der Waals surface area (Å²) in [5, 5.41) is 3.31. The number of benzene rings is 1. The van der Waals surface area contributed by atoms with Crippen LogP contribution >= 0.6 is 0 Å². The van der Waals surface area contributed by atoms with Crippen LogP contribution in [-0.4, -0.2) is 50.2 Å². The maximum absolute atomic E-state index is 5.71. The lowest BCUT2D eigenvalue weighted by Crippen LogP contribution is -2.40. The van der Waals surface area contributed by atoms with Gasteiger partial charge in [0.05, 0.1) is 13.7 Å². The molecule has 0 spiro atoms. The summed E-state index contributed by atoms with van der Waals surface area (Å²) in [7, 11) is 5.35. The van der Waals surface area contributed by atoms with Crippen molar-refractivity contribution in [2.45, 2.75) is 6.54 Å². The molecule has 0 radical (unpaired) electrons. The summed E-state index contributed by atoms with van der Waals surface area (Å²) in [4.78, 5) is 10.5. The number of methoxy groups -OCH3 is 1. The SMILES string of the molecule is CN=C(NCc1ccc(OC)nc1)N(C)CCOc1ccccc1. The van der Waals surface area contributed by atoms with Crippen molar-refractivity contribution in [1.82, 2.24) is 15.2 Å². The summed E-state index contributed by atoms with van der Waals surface area (Å²) < 4.78 is 10.8. The second-order valence-electron chi connectivity index (χ2n) is 5.19. The van der Waals surface area contributed by atoms with Crippen LogP contribution in [0.4, 0.5) is 0 Å².